The van der Waals surface area contributed by atoms with Crippen molar-refractivity contribution in [1.29, 1.82) is 0 Å². The lowest BCUT2D eigenvalue weighted by Crippen LogP contribution is -2.43. The summed E-state index contributed by atoms with van der Waals surface area (Å²) >= 11 is 0. The maximum atomic E-state index is 12.1. The first-order valence-electron chi connectivity index (χ1n) is 10.5. The Morgan fingerprint density at radius 2 is 1.32 bits per heavy atom. The molecular formula is C24H40O7. The zero-order valence-electron chi connectivity index (χ0n) is 20.4. The van der Waals surface area contributed by atoms with Gasteiger partial charge in [0.15, 0.2) is 5.79 Å². The van der Waals surface area contributed by atoms with Crippen molar-refractivity contribution in [3.05, 3.63) is 25.3 Å². The number of ether oxygens (including phenoxy) is 4. The molecule has 2 unspecified atom stereocenters. The van der Waals surface area contributed by atoms with Gasteiger partial charge < -0.3 is 18.9 Å². The lowest BCUT2D eigenvalue weighted by molar-refractivity contribution is -0.206. The van der Waals surface area contributed by atoms with E-state index < -0.39 is 34.8 Å². The van der Waals surface area contributed by atoms with Crippen molar-refractivity contribution in [2.45, 2.75) is 85.2 Å². The smallest absolute Gasteiger partial charge is 0.317 e. The molecule has 178 valence electrons. The number of Topliss-reactive ketones (excluding diaryl/α,β-unsaturated/α-hetero) is 1. The second kappa shape index (κ2) is 12.2. The van der Waals surface area contributed by atoms with Crippen LogP contribution in [0.5, 0.6) is 0 Å². The molecule has 2 atom stereocenters. The van der Waals surface area contributed by atoms with Crippen molar-refractivity contribution in [2.75, 3.05) is 13.2 Å². The molecule has 31 heavy (non-hydrogen) atoms. The molecule has 0 aromatic rings. The summed E-state index contributed by atoms with van der Waals surface area (Å²) in [5.41, 5.74) is -1.06. The molecule has 1 aliphatic heterocycles. The molecule has 0 spiro atoms. The Bertz CT molecular complexity index is 631. The number of ketones is 1. The molecular weight excluding hydrogens is 400 g/mol. The molecule has 1 saturated heterocycles. The van der Waals surface area contributed by atoms with Crippen molar-refractivity contribution in [2.24, 2.45) is 11.8 Å². The van der Waals surface area contributed by atoms with Crippen LogP contribution >= 0.6 is 0 Å². The van der Waals surface area contributed by atoms with Crippen LogP contribution in [-0.4, -0.2) is 47.9 Å². The summed E-state index contributed by atoms with van der Waals surface area (Å²) in [7, 11) is 0. The molecule has 0 amide bonds. The Morgan fingerprint density at radius 1 is 0.903 bits per heavy atom. The number of carbonyl (C=O) groups excluding carboxylic acids is 3. The van der Waals surface area contributed by atoms with E-state index in [0.717, 1.165) is 0 Å². The van der Waals surface area contributed by atoms with Gasteiger partial charge in [0.1, 0.15) is 28.8 Å². The fourth-order valence-corrected chi connectivity index (χ4v) is 2.76. The molecule has 0 aromatic heterocycles. The van der Waals surface area contributed by atoms with Gasteiger partial charge in [-0.25, -0.2) is 0 Å². The maximum Gasteiger partial charge on any atom is 0.317 e. The number of hydrogen-bond acceptors (Lipinski definition) is 7. The van der Waals surface area contributed by atoms with E-state index >= 15 is 0 Å². The van der Waals surface area contributed by atoms with E-state index in [1.54, 1.807) is 39.8 Å². The second-order valence-electron chi connectivity index (χ2n) is 9.54. The fourth-order valence-electron chi connectivity index (χ4n) is 2.76. The van der Waals surface area contributed by atoms with Crippen LogP contribution in [0, 0.1) is 11.8 Å². The van der Waals surface area contributed by atoms with Crippen molar-refractivity contribution in [3.63, 3.8) is 0 Å². The normalized spacial score (nSPS) is 17.4. The Labute approximate surface area is 187 Å². The lowest BCUT2D eigenvalue weighted by Gasteiger charge is -2.32. The standard InChI is InChI=1S/C13H22O4.C11H18O3/c1-6-7-10(11(14)17-12(2,3)4)13(5)15-8-9-16-13;1-6-7-9(8(2)12)10(13)14-11(3,4)5/h6,10H,1,7-9H2,2-5H3;6,9H,1,7H2,2-5H3. The van der Waals surface area contributed by atoms with Crippen LogP contribution in [0.4, 0.5) is 0 Å². The van der Waals surface area contributed by atoms with E-state index in [9.17, 15) is 14.4 Å². The topological polar surface area (TPSA) is 88.1 Å². The highest BCUT2D eigenvalue weighted by Crippen LogP contribution is 2.32. The van der Waals surface area contributed by atoms with Crippen LogP contribution in [0.15, 0.2) is 25.3 Å². The average molecular weight is 441 g/mol. The van der Waals surface area contributed by atoms with Crippen LogP contribution in [0.25, 0.3) is 0 Å². The molecule has 1 fully saturated rings. The first kappa shape index (κ1) is 29.0. The number of rotatable bonds is 8. The van der Waals surface area contributed by atoms with Crippen LogP contribution in [-0.2, 0) is 33.3 Å². The van der Waals surface area contributed by atoms with Gasteiger partial charge in [0.25, 0.3) is 0 Å². The minimum Gasteiger partial charge on any atom is -0.460 e. The summed E-state index contributed by atoms with van der Waals surface area (Å²) in [6.07, 6.45) is 4.05. The van der Waals surface area contributed by atoms with Gasteiger partial charge >= 0.3 is 11.9 Å². The SMILES string of the molecule is C=CCC(C(=O)OC(C)(C)C)C1(C)OCCO1.C=CCC(C(C)=O)C(=O)OC(C)(C)C. The van der Waals surface area contributed by atoms with Gasteiger partial charge in [0.2, 0.25) is 0 Å². The molecule has 0 bridgehead atoms. The van der Waals surface area contributed by atoms with Crippen LogP contribution < -0.4 is 0 Å². The van der Waals surface area contributed by atoms with Crippen molar-refractivity contribution in [1.82, 2.24) is 0 Å². The average Bonchev–Trinajstić information content (AvgIpc) is 3.01. The van der Waals surface area contributed by atoms with Crippen molar-refractivity contribution in [3.8, 4) is 0 Å². The van der Waals surface area contributed by atoms with Gasteiger partial charge in [0, 0.05) is 0 Å². The van der Waals surface area contributed by atoms with E-state index in [4.69, 9.17) is 18.9 Å². The van der Waals surface area contributed by atoms with Gasteiger partial charge in [-0.15, -0.1) is 13.2 Å². The Balaban J connectivity index is 0.000000594. The third-order valence-electron chi connectivity index (χ3n) is 4.17. The molecule has 0 saturated carbocycles. The predicted molar refractivity (Wildman–Crippen MR) is 119 cm³/mol. The minimum absolute atomic E-state index is 0.181. The highest BCUT2D eigenvalue weighted by Gasteiger charge is 2.45. The first-order chi connectivity index (χ1) is 14.1. The number of carbonyl (C=O) groups is 3. The quantitative estimate of drug-likeness (QED) is 0.314. The third-order valence-corrected chi connectivity index (χ3v) is 4.17. The lowest BCUT2D eigenvalue weighted by atomic mass is 9.96. The zero-order valence-corrected chi connectivity index (χ0v) is 20.4. The molecule has 1 heterocycles. The summed E-state index contributed by atoms with van der Waals surface area (Å²) in [4.78, 5) is 34.7. The predicted octanol–water partition coefficient (Wildman–Crippen LogP) is 4.39. The molecule has 0 N–H and O–H groups in total. The second-order valence-corrected chi connectivity index (χ2v) is 9.54. The van der Waals surface area contributed by atoms with E-state index in [1.807, 2.05) is 20.8 Å². The molecule has 7 heteroatoms. The number of hydrogen-bond donors (Lipinski definition) is 0. The van der Waals surface area contributed by atoms with E-state index in [2.05, 4.69) is 13.2 Å². The van der Waals surface area contributed by atoms with Crippen LogP contribution in [0.3, 0.4) is 0 Å². The van der Waals surface area contributed by atoms with Crippen LogP contribution in [0.1, 0.15) is 68.2 Å². The summed E-state index contributed by atoms with van der Waals surface area (Å²) in [6, 6.07) is 0. The van der Waals surface area contributed by atoms with Crippen molar-refractivity contribution < 1.29 is 33.3 Å². The fraction of sp³-hybridized carbons (Fsp3) is 0.708. The molecule has 0 radical (unpaired) electrons. The monoisotopic (exact) mass is 440 g/mol. The third kappa shape index (κ3) is 11.3. The number of esters is 2. The van der Waals surface area contributed by atoms with Crippen LogP contribution in [0.2, 0.25) is 0 Å². The summed E-state index contributed by atoms with van der Waals surface area (Å²) in [5.74, 6) is -3.02. The summed E-state index contributed by atoms with van der Waals surface area (Å²) < 4.78 is 21.5. The minimum atomic E-state index is -0.892. The maximum absolute atomic E-state index is 12.1. The van der Waals surface area contributed by atoms with E-state index in [0.29, 0.717) is 26.1 Å². The van der Waals surface area contributed by atoms with Gasteiger partial charge in [-0.2, -0.15) is 0 Å². The Morgan fingerprint density at radius 3 is 1.68 bits per heavy atom. The van der Waals surface area contributed by atoms with Gasteiger partial charge in [-0.05, 0) is 68.2 Å². The van der Waals surface area contributed by atoms with Crippen molar-refractivity contribution >= 4 is 17.7 Å². The molecule has 1 rings (SSSR count). The van der Waals surface area contributed by atoms with E-state index in [1.165, 1.54) is 6.92 Å². The molecule has 1 aliphatic rings. The molecule has 7 nitrogen and oxygen atoms in total. The highest BCUT2D eigenvalue weighted by atomic mass is 16.7. The summed E-state index contributed by atoms with van der Waals surface area (Å²) in [6.45, 7) is 22.2. The highest BCUT2D eigenvalue weighted by molar-refractivity contribution is 5.98. The Kier molecular flexibility index (Phi) is 11.4. The Hall–Kier alpha value is -1.99. The van der Waals surface area contributed by atoms with Gasteiger partial charge in [-0.1, -0.05) is 12.2 Å². The summed E-state index contributed by atoms with van der Waals surface area (Å²) in [5, 5.41) is 0. The molecule has 0 aliphatic carbocycles. The zero-order chi connectivity index (χ0) is 24.5. The number of allylic oxidation sites excluding steroid dienone is 2. The van der Waals surface area contributed by atoms with Gasteiger partial charge in [-0.3, -0.25) is 14.4 Å². The molecule has 0 aromatic carbocycles. The van der Waals surface area contributed by atoms with E-state index in [-0.39, 0.29) is 11.8 Å². The largest absolute Gasteiger partial charge is 0.460 e. The first-order valence-corrected chi connectivity index (χ1v) is 10.5. The van der Waals surface area contributed by atoms with Gasteiger partial charge in [0.05, 0.1) is 13.2 Å².